The molecule has 140 valence electrons. The predicted octanol–water partition coefficient (Wildman–Crippen LogP) is 3.26. The molecular formula is C19H25N3O3S. The number of carbonyl (C=O) groups excluding carboxylic acids is 2. The van der Waals surface area contributed by atoms with Crippen molar-refractivity contribution in [1.29, 1.82) is 0 Å². The van der Waals surface area contributed by atoms with Gasteiger partial charge in [0.25, 0.3) is 5.91 Å². The summed E-state index contributed by atoms with van der Waals surface area (Å²) in [7, 11) is 1.47. The standard InChI is InChI=1S/C19H25N3O3S/c1-12-16(26-18(21-12)19(2,3)4)17(24)20-10-13-7-6-8-14(9-13)22-15(23)11-25-5/h6-9H,10-11H2,1-5H3,(H,20,24)(H,22,23). The lowest BCUT2D eigenvalue weighted by Crippen LogP contribution is -2.23. The lowest BCUT2D eigenvalue weighted by Gasteiger charge is -2.13. The highest BCUT2D eigenvalue weighted by Gasteiger charge is 2.22. The van der Waals surface area contributed by atoms with Gasteiger partial charge in [0.05, 0.1) is 10.7 Å². The molecule has 0 unspecified atom stereocenters. The highest BCUT2D eigenvalue weighted by atomic mass is 32.1. The van der Waals surface area contributed by atoms with Crippen LogP contribution in [0.15, 0.2) is 24.3 Å². The number of aryl methyl sites for hydroxylation is 1. The lowest BCUT2D eigenvalue weighted by atomic mass is 9.98. The van der Waals surface area contributed by atoms with E-state index in [0.29, 0.717) is 17.1 Å². The summed E-state index contributed by atoms with van der Waals surface area (Å²) in [5.74, 6) is -0.354. The molecule has 0 saturated carbocycles. The molecule has 0 aliphatic heterocycles. The van der Waals surface area contributed by atoms with Crippen LogP contribution in [0.1, 0.15) is 46.7 Å². The minimum Gasteiger partial charge on any atom is -0.375 e. The Morgan fingerprint density at radius 2 is 2.00 bits per heavy atom. The van der Waals surface area contributed by atoms with Crippen LogP contribution in [-0.4, -0.2) is 30.5 Å². The van der Waals surface area contributed by atoms with Gasteiger partial charge in [-0.3, -0.25) is 9.59 Å². The number of carbonyl (C=O) groups is 2. The number of ether oxygens (including phenoxy) is 1. The highest BCUT2D eigenvalue weighted by Crippen LogP contribution is 2.29. The first-order chi connectivity index (χ1) is 12.2. The Hall–Kier alpha value is -2.25. The van der Waals surface area contributed by atoms with Crippen molar-refractivity contribution in [2.45, 2.75) is 39.7 Å². The number of aromatic nitrogens is 1. The molecule has 6 nitrogen and oxygen atoms in total. The van der Waals surface area contributed by atoms with Crippen LogP contribution in [0.25, 0.3) is 0 Å². The third kappa shape index (κ3) is 5.37. The molecule has 0 radical (unpaired) electrons. The number of benzene rings is 1. The van der Waals surface area contributed by atoms with Crippen LogP contribution in [0.2, 0.25) is 0 Å². The average Bonchev–Trinajstić information content (AvgIpc) is 2.95. The Balaban J connectivity index is 2.01. The fraction of sp³-hybridized carbons (Fsp3) is 0.421. The zero-order valence-corrected chi connectivity index (χ0v) is 16.6. The van der Waals surface area contributed by atoms with Crippen molar-refractivity contribution in [1.82, 2.24) is 10.3 Å². The minimum atomic E-state index is -0.219. The van der Waals surface area contributed by atoms with Gasteiger partial charge in [0.15, 0.2) is 0 Å². The first-order valence-electron chi connectivity index (χ1n) is 8.34. The van der Waals surface area contributed by atoms with Crippen LogP contribution in [-0.2, 0) is 21.5 Å². The van der Waals surface area contributed by atoms with Gasteiger partial charge in [0.2, 0.25) is 5.91 Å². The Kier molecular flexibility index (Phi) is 6.50. The number of rotatable bonds is 6. The summed E-state index contributed by atoms with van der Waals surface area (Å²) >= 11 is 1.43. The molecule has 0 atom stereocenters. The second-order valence-corrected chi connectivity index (χ2v) is 8.05. The van der Waals surface area contributed by atoms with E-state index in [1.54, 1.807) is 6.07 Å². The molecule has 1 heterocycles. The van der Waals surface area contributed by atoms with E-state index in [0.717, 1.165) is 16.3 Å². The quantitative estimate of drug-likeness (QED) is 0.812. The van der Waals surface area contributed by atoms with Gasteiger partial charge in [-0.25, -0.2) is 4.98 Å². The van der Waals surface area contributed by atoms with Crippen molar-refractivity contribution in [3.8, 4) is 0 Å². The molecule has 0 fully saturated rings. The van der Waals surface area contributed by atoms with Crippen LogP contribution in [0.4, 0.5) is 5.69 Å². The van der Waals surface area contributed by atoms with E-state index in [-0.39, 0.29) is 23.8 Å². The molecule has 0 spiro atoms. The largest absolute Gasteiger partial charge is 0.375 e. The average molecular weight is 375 g/mol. The van der Waals surface area contributed by atoms with Crippen LogP contribution in [0.3, 0.4) is 0 Å². The maximum Gasteiger partial charge on any atom is 0.263 e. The smallest absolute Gasteiger partial charge is 0.263 e. The fourth-order valence-electron chi connectivity index (χ4n) is 2.28. The molecule has 0 aliphatic rings. The van der Waals surface area contributed by atoms with Gasteiger partial charge < -0.3 is 15.4 Å². The molecule has 26 heavy (non-hydrogen) atoms. The lowest BCUT2D eigenvalue weighted by molar-refractivity contribution is -0.119. The van der Waals surface area contributed by atoms with Gasteiger partial charge >= 0.3 is 0 Å². The van der Waals surface area contributed by atoms with E-state index < -0.39 is 0 Å². The second kappa shape index (κ2) is 8.42. The van der Waals surface area contributed by atoms with Crippen LogP contribution in [0, 0.1) is 6.92 Å². The van der Waals surface area contributed by atoms with E-state index in [2.05, 4.69) is 36.4 Å². The molecular weight excluding hydrogens is 350 g/mol. The van der Waals surface area contributed by atoms with Gasteiger partial charge in [0, 0.05) is 24.8 Å². The summed E-state index contributed by atoms with van der Waals surface area (Å²) in [5.41, 5.74) is 2.23. The molecule has 1 aromatic carbocycles. The third-order valence-corrected chi connectivity index (χ3v) is 5.17. The Bertz CT molecular complexity index is 794. The Labute approximate surface area is 158 Å². The van der Waals surface area contributed by atoms with E-state index >= 15 is 0 Å². The first-order valence-corrected chi connectivity index (χ1v) is 9.16. The first kappa shape index (κ1) is 20.1. The minimum absolute atomic E-state index is 0.00171. The summed E-state index contributed by atoms with van der Waals surface area (Å²) in [5, 5.41) is 6.61. The van der Waals surface area contributed by atoms with Crippen molar-refractivity contribution in [2.24, 2.45) is 0 Å². The number of hydrogen-bond acceptors (Lipinski definition) is 5. The van der Waals surface area contributed by atoms with Crippen molar-refractivity contribution >= 4 is 28.8 Å². The number of methoxy groups -OCH3 is 1. The van der Waals surface area contributed by atoms with E-state index in [1.807, 2.05) is 25.1 Å². The van der Waals surface area contributed by atoms with Gasteiger partial charge in [-0.1, -0.05) is 32.9 Å². The summed E-state index contributed by atoms with van der Waals surface area (Å²) in [6.45, 7) is 8.46. The predicted molar refractivity (Wildman–Crippen MR) is 104 cm³/mol. The maximum atomic E-state index is 12.5. The fourth-order valence-corrected chi connectivity index (χ4v) is 3.32. The third-order valence-electron chi connectivity index (χ3n) is 3.58. The monoisotopic (exact) mass is 375 g/mol. The van der Waals surface area contributed by atoms with Crippen molar-refractivity contribution in [3.05, 3.63) is 45.4 Å². The van der Waals surface area contributed by atoms with E-state index in [4.69, 9.17) is 4.74 Å². The normalized spacial score (nSPS) is 11.3. The van der Waals surface area contributed by atoms with Gasteiger partial charge in [-0.15, -0.1) is 11.3 Å². The van der Waals surface area contributed by atoms with Crippen LogP contribution >= 0.6 is 11.3 Å². The van der Waals surface area contributed by atoms with Crippen molar-refractivity contribution < 1.29 is 14.3 Å². The molecule has 2 aromatic rings. The summed E-state index contributed by atoms with van der Waals surface area (Å²) < 4.78 is 4.80. The summed E-state index contributed by atoms with van der Waals surface area (Å²) in [4.78, 5) is 29.2. The molecule has 0 saturated heterocycles. The highest BCUT2D eigenvalue weighted by molar-refractivity contribution is 7.14. The van der Waals surface area contributed by atoms with Gasteiger partial charge in [0.1, 0.15) is 11.5 Å². The van der Waals surface area contributed by atoms with Gasteiger partial charge in [-0.2, -0.15) is 0 Å². The number of anilines is 1. The molecule has 2 N–H and O–H groups in total. The SMILES string of the molecule is COCC(=O)Nc1cccc(CNC(=O)c2sc(C(C)(C)C)nc2C)c1. The Morgan fingerprint density at radius 3 is 2.62 bits per heavy atom. The summed E-state index contributed by atoms with van der Waals surface area (Å²) in [6.07, 6.45) is 0. The molecule has 2 amide bonds. The van der Waals surface area contributed by atoms with E-state index in [9.17, 15) is 9.59 Å². The van der Waals surface area contributed by atoms with E-state index in [1.165, 1.54) is 18.4 Å². The molecule has 0 bridgehead atoms. The number of hydrogen-bond donors (Lipinski definition) is 2. The Morgan fingerprint density at radius 1 is 1.27 bits per heavy atom. The van der Waals surface area contributed by atoms with Gasteiger partial charge in [-0.05, 0) is 24.6 Å². The molecule has 7 heteroatoms. The number of nitrogens with zero attached hydrogens (tertiary/aromatic N) is 1. The van der Waals surface area contributed by atoms with Crippen molar-refractivity contribution in [3.63, 3.8) is 0 Å². The van der Waals surface area contributed by atoms with Crippen LogP contribution < -0.4 is 10.6 Å². The van der Waals surface area contributed by atoms with Crippen LogP contribution in [0.5, 0.6) is 0 Å². The zero-order chi connectivity index (χ0) is 19.3. The number of thiazole rings is 1. The summed E-state index contributed by atoms with van der Waals surface area (Å²) in [6, 6.07) is 7.35. The molecule has 1 aromatic heterocycles. The number of nitrogens with one attached hydrogen (secondary N) is 2. The number of amides is 2. The topological polar surface area (TPSA) is 80.3 Å². The van der Waals surface area contributed by atoms with Crippen molar-refractivity contribution in [2.75, 3.05) is 19.0 Å². The maximum absolute atomic E-state index is 12.5. The molecule has 2 rings (SSSR count). The second-order valence-electron chi connectivity index (χ2n) is 7.05. The zero-order valence-electron chi connectivity index (χ0n) is 15.8. The molecule has 0 aliphatic carbocycles.